The van der Waals surface area contributed by atoms with Crippen molar-refractivity contribution in [2.75, 3.05) is 37.7 Å². The first-order valence-electron chi connectivity index (χ1n) is 8.16. The van der Waals surface area contributed by atoms with E-state index in [4.69, 9.17) is 10.5 Å². The van der Waals surface area contributed by atoms with Crippen molar-refractivity contribution >= 4 is 35.6 Å². The average molecular weight is 430 g/mol. The highest BCUT2D eigenvalue weighted by atomic mass is 127. The van der Waals surface area contributed by atoms with E-state index in [1.807, 2.05) is 0 Å². The maximum atomic E-state index is 6.15. The van der Waals surface area contributed by atoms with E-state index in [-0.39, 0.29) is 30.1 Å². The summed E-state index contributed by atoms with van der Waals surface area (Å²) in [5, 5.41) is 0. The zero-order valence-corrected chi connectivity index (χ0v) is 16.3. The van der Waals surface area contributed by atoms with Crippen LogP contribution in [0.5, 0.6) is 0 Å². The number of hydrogen-bond acceptors (Lipinski definition) is 3. The summed E-state index contributed by atoms with van der Waals surface area (Å²) in [5.74, 6) is 0.648. The molecular formula is C17H27IN4O. The van der Waals surface area contributed by atoms with Crippen LogP contribution in [0.1, 0.15) is 19.4 Å². The molecule has 0 aliphatic carbocycles. The Kier molecular flexibility index (Phi) is 6.52. The molecule has 1 aromatic rings. The third kappa shape index (κ3) is 4.29. The van der Waals surface area contributed by atoms with E-state index >= 15 is 0 Å². The molecular weight excluding hydrogens is 403 g/mol. The number of guanidine groups is 1. The number of rotatable bonds is 3. The van der Waals surface area contributed by atoms with E-state index in [2.05, 4.69) is 52.9 Å². The van der Waals surface area contributed by atoms with Gasteiger partial charge in [0.1, 0.15) is 0 Å². The largest absolute Gasteiger partial charge is 0.375 e. The van der Waals surface area contributed by atoms with Gasteiger partial charge in [0.15, 0.2) is 5.96 Å². The van der Waals surface area contributed by atoms with Gasteiger partial charge in [-0.15, -0.1) is 24.0 Å². The van der Waals surface area contributed by atoms with Crippen LogP contribution in [0.3, 0.4) is 0 Å². The minimum atomic E-state index is 0. The highest BCUT2D eigenvalue weighted by Gasteiger charge is 2.23. The number of benzene rings is 1. The molecule has 0 radical (unpaired) electrons. The van der Waals surface area contributed by atoms with Crippen LogP contribution in [-0.4, -0.2) is 55.8 Å². The zero-order valence-electron chi connectivity index (χ0n) is 13.9. The highest BCUT2D eigenvalue weighted by molar-refractivity contribution is 14.0. The van der Waals surface area contributed by atoms with E-state index in [0.717, 1.165) is 39.2 Å². The molecule has 0 spiro atoms. The Hall–Kier alpha value is -1.02. The molecule has 1 saturated heterocycles. The summed E-state index contributed by atoms with van der Waals surface area (Å²) in [6.45, 7) is 8.49. The number of nitrogens with zero attached hydrogens (tertiary/aromatic N) is 3. The Labute approximate surface area is 155 Å². The van der Waals surface area contributed by atoms with Crippen molar-refractivity contribution in [1.29, 1.82) is 0 Å². The van der Waals surface area contributed by atoms with Crippen molar-refractivity contribution in [3.63, 3.8) is 0 Å². The standard InChI is InChI=1S/C17H26N4O.HI/c1-13(21-8-7-15-5-3-4-6-16(15)21)11-19-17(18)20-9-10-22-14(2)12-20;/h3-6,13-14H,7-12H2,1-2H3,(H2,18,19);1H. The monoisotopic (exact) mass is 430 g/mol. The number of fused-ring (bicyclic) bond motifs is 1. The second kappa shape index (κ2) is 8.19. The number of para-hydroxylation sites is 1. The molecule has 0 saturated carbocycles. The van der Waals surface area contributed by atoms with Crippen LogP contribution in [0, 0.1) is 0 Å². The van der Waals surface area contributed by atoms with Gasteiger partial charge in [0.2, 0.25) is 0 Å². The summed E-state index contributed by atoms with van der Waals surface area (Å²) in [5.41, 5.74) is 8.94. The van der Waals surface area contributed by atoms with Gasteiger partial charge >= 0.3 is 0 Å². The molecule has 1 aromatic carbocycles. The Morgan fingerprint density at radius 3 is 2.96 bits per heavy atom. The summed E-state index contributed by atoms with van der Waals surface area (Å²) < 4.78 is 5.54. The highest BCUT2D eigenvalue weighted by Crippen LogP contribution is 2.29. The number of aliphatic imine (C=N–C) groups is 1. The van der Waals surface area contributed by atoms with E-state index < -0.39 is 0 Å². The van der Waals surface area contributed by atoms with Gasteiger partial charge in [0.05, 0.1) is 19.3 Å². The van der Waals surface area contributed by atoms with Crippen molar-refractivity contribution in [3.05, 3.63) is 29.8 Å². The predicted molar refractivity (Wildman–Crippen MR) is 106 cm³/mol. The molecule has 2 unspecified atom stereocenters. The third-order valence-electron chi connectivity index (χ3n) is 4.54. The van der Waals surface area contributed by atoms with Gasteiger partial charge in [-0.05, 0) is 31.9 Å². The maximum absolute atomic E-state index is 6.15. The molecule has 0 bridgehead atoms. The van der Waals surface area contributed by atoms with Gasteiger partial charge < -0.3 is 20.3 Å². The summed E-state index contributed by atoms with van der Waals surface area (Å²) >= 11 is 0. The Balaban J connectivity index is 0.00000192. The number of morpholine rings is 1. The molecule has 0 aromatic heterocycles. The first kappa shape index (κ1) is 18.3. The number of halogens is 1. The Morgan fingerprint density at radius 2 is 2.17 bits per heavy atom. The van der Waals surface area contributed by atoms with Crippen molar-refractivity contribution in [3.8, 4) is 0 Å². The first-order valence-corrected chi connectivity index (χ1v) is 8.16. The van der Waals surface area contributed by atoms with E-state index in [1.54, 1.807) is 0 Å². The van der Waals surface area contributed by atoms with Crippen LogP contribution >= 0.6 is 24.0 Å². The molecule has 23 heavy (non-hydrogen) atoms. The van der Waals surface area contributed by atoms with Gasteiger partial charge in [-0.2, -0.15) is 0 Å². The van der Waals surface area contributed by atoms with E-state index in [1.165, 1.54) is 11.3 Å². The predicted octanol–water partition coefficient (Wildman–Crippen LogP) is 2.09. The molecule has 3 rings (SSSR count). The van der Waals surface area contributed by atoms with Crippen LogP contribution in [0.15, 0.2) is 29.3 Å². The lowest BCUT2D eigenvalue weighted by Crippen LogP contribution is -2.48. The normalized spacial score (nSPS) is 22.5. The van der Waals surface area contributed by atoms with Crippen molar-refractivity contribution in [1.82, 2.24) is 4.90 Å². The van der Waals surface area contributed by atoms with Crippen LogP contribution in [0.4, 0.5) is 5.69 Å². The third-order valence-corrected chi connectivity index (χ3v) is 4.54. The number of hydrogen-bond donors (Lipinski definition) is 1. The average Bonchev–Trinajstić information content (AvgIpc) is 2.96. The lowest BCUT2D eigenvalue weighted by molar-refractivity contribution is 0.00529. The molecule has 1 fully saturated rings. The molecule has 2 aliphatic rings. The minimum Gasteiger partial charge on any atom is -0.375 e. The fourth-order valence-corrected chi connectivity index (χ4v) is 3.27. The van der Waals surface area contributed by atoms with Gasteiger partial charge in [-0.3, -0.25) is 4.99 Å². The van der Waals surface area contributed by atoms with Crippen molar-refractivity contribution in [2.24, 2.45) is 10.7 Å². The second-order valence-electron chi connectivity index (χ2n) is 6.25. The van der Waals surface area contributed by atoms with Crippen LogP contribution in [0.2, 0.25) is 0 Å². The summed E-state index contributed by atoms with van der Waals surface area (Å²) in [7, 11) is 0. The van der Waals surface area contributed by atoms with E-state index in [0.29, 0.717) is 12.0 Å². The fourth-order valence-electron chi connectivity index (χ4n) is 3.27. The molecule has 2 heterocycles. The van der Waals surface area contributed by atoms with Gasteiger partial charge in [0, 0.05) is 31.4 Å². The lowest BCUT2D eigenvalue weighted by atomic mass is 10.2. The van der Waals surface area contributed by atoms with Crippen LogP contribution < -0.4 is 10.6 Å². The molecule has 6 heteroatoms. The van der Waals surface area contributed by atoms with Crippen molar-refractivity contribution < 1.29 is 4.74 Å². The summed E-state index contributed by atoms with van der Waals surface area (Å²) in [6.07, 6.45) is 1.35. The van der Waals surface area contributed by atoms with Gasteiger partial charge in [-0.25, -0.2) is 0 Å². The zero-order chi connectivity index (χ0) is 15.5. The Bertz CT molecular complexity index is 551. The molecule has 128 valence electrons. The summed E-state index contributed by atoms with van der Waals surface area (Å²) in [4.78, 5) is 9.19. The topological polar surface area (TPSA) is 54.1 Å². The number of ether oxygens (including phenoxy) is 1. The molecule has 0 amide bonds. The SMILES string of the molecule is CC1CN(C(N)=NCC(C)N2CCc3ccccc32)CCO1.I. The quantitative estimate of drug-likeness (QED) is 0.454. The molecule has 5 nitrogen and oxygen atoms in total. The van der Waals surface area contributed by atoms with Gasteiger partial charge in [0.25, 0.3) is 0 Å². The molecule has 2 atom stereocenters. The molecule has 2 aliphatic heterocycles. The number of anilines is 1. The Morgan fingerprint density at radius 1 is 1.39 bits per heavy atom. The van der Waals surface area contributed by atoms with Crippen LogP contribution in [-0.2, 0) is 11.2 Å². The van der Waals surface area contributed by atoms with Crippen LogP contribution in [0.25, 0.3) is 0 Å². The smallest absolute Gasteiger partial charge is 0.191 e. The summed E-state index contributed by atoms with van der Waals surface area (Å²) in [6, 6.07) is 9.00. The minimum absolute atomic E-state index is 0. The first-order chi connectivity index (χ1) is 10.6. The second-order valence-corrected chi connectivity index (χ2v) is 6.25. The van der Waals surface area contributed by atoms with Crippen molar-refractivity contribution in [2.45, 2.75) is 32.4 Å². The van der Waals surface area contributed by atoms with Gasteiger partial charge in [-0.1, -0.05) is 18.2 Å². The van der Waals surface area contributed by atoms with E-state index in [9.17, 15) is 0 Å². The lowest BCUT2D eigenvalue weighted by Gasteiger charge is -2.32. The number of nitrogens with two attached hydrogens (primary N) is 1. The fraction of sp³-hybridized carbons (Fsp3) is 0.588. The maximum Gasteiger partial charge on any atom is 0.191 e. The molecule has 2 N–H and O–H groups in total.